The molecule has 0 aromatic heterocycles. The SMILES string of the molecule is CC(C(=O)O)c1ccc(NC(=O)[C@@H]2C[C@]23CCOc2ccccc23)cc1. The zero-order chi connectivity index (χ0) is 18.3. The summed E-state index contributed by atoms with van der Waals surface area (Å²) in [5, 5.41) is 12.0. The van der Waals surface area contributed by atoms with Crippen molar-refractivity contribution in [3.8, 4) is 5.75 Å². The van der Waals surface area contributed by atoms with E-state index in [0.29, 0.717) is 12.3 Å². The highest BCUT2D eigenvalue weighted by atomic mass is 16.5. The van der Waals surface area contributed by atoms with E-state index >= 15 is 0 Å². The lowest BCUT2D eigenvalue weighted by atomic mass is 9.87. The Bertz CT molecular complexity index is 861. The maximum absolute atomic E-state index is 12.7. The highest BCUT2D eigenvalue weighted by Crippen LogP contribution is 2.60. The average molecular weight is 351 g/mol. The number of amides is 1. The van der Waals surface area contributed by atoms with E-state index in [1.807, 2.05) is 18.2 Å². The van der Waals surface area contributed by atoms with Crippen LogP contribution < -0.4 is 10.1 Å². The summed E-state index contributed by atoms with van der Waals surface area (Å²) in [7, 11) is 0. The molecule has 2 aliphatic rings. The lowest BCUT2D eigenvalue weighted by Gasteiger charge is -2.26. The fraction of sp³-hybridized carbons (Fsp3) is 0.333. The first-order valence-corrected chi connectivity index (χ1v) is 8.87. The summed E-state index contributed by atoms with van der Waals surface area (Å²) in [5.41, 5.74) is 2.45. The van der Waals surface area contributed by atoms with E-state index in [1.54, 1.807) is 31.2 Å². The molecule has 5 heteroatoms. The molecule has 1 aliphatic heterocycles. The number of benzene rings is 2. The molecule has 1 saturated carbocycles. The monoisotopic (exact) mass is 351 g/mol. The predicted molar refractivity (Wildman–Crippen MR) is 97.5 cm³/mol. The van der Waals surface area contributed by atoms with Crippen molar-refractivity contribution in [3.63, 3.8) is 0 Å². The Kier molecular flexibility index (Phi) is 3.94. The van der Waals surface area contributed by atoms with Gasteiger partial charge in [-0.05, 0) is 43.5 Å². The van der Waals surface area contributed by atoms with E-state index in [0.717, 1.165) is 29.7 Å². The average Bonchev–Trinajstić information content (AvgIpc) is 3.37. The van der Waals surface area contributed by atoms with Crippen molar-refractivity contribution in [2.75, 3.05) is 11.9 Å². The zero-order valence-corrected chi connectivity index (χ0v) is 14.6. The summed E-state index contributed by atoms with van der Waals surface area (Å²) in [6.07, 6.45) is 1.70. The van der Waals surface area contributed by atoms with Crippen molar-refractivity contribution >= 4 is 17.6 Å². The topological polar surface area (TPSA) is 75.6 Å². The summed E-state index contributed by atoms with van der Waals surface area (Å²) in [5.74, 6) is -0.572. The molecule has 134 valence electrons. The van der Waals surface area contributed by atoms with Crippen LogP contribution in [0.5, 0.6) is 5.75 Å². The number of hydrogen-bond acceptors (Lipinski definition) is 3. The molecule has 1 aliphatic carbocycles. The number of carboxylic acid groups (broad SMARTS) is 1. The summed E-state index contributed by atoms with van der Waals surface area (Å²) in [6, 6.07) is 15.0. The molecule has 1 heterocycles. The van der Waals surface area contributed by atoms with Gasteiger partial charge in [0.05, 0.1) is 12.5 Å². The van der Waals surface area contributed by atoms with Gasteiger partial charge >= 0.3 is 5.97 Å². The van der Waals surface area contributed by atoms with Crippen LogP contribution in [0.2, 0.25) is 0 Å². The molecule has 0 radical (unpaired) electrons. The van der Waals surface area contributed by atoms with Gasteiger partial charge in [0.2, 0.25) is 5.91 Å². The lowest BCUT2D eigenvalue weighted by Crippen LogP contribution is -2.26. The van der Waals surface area contributed by atoms with E-state index in [4.69, 9.17) is 9.84 Å². The van der Waals surface area contributed by atoms with E-state index in [9.17, 15) is 9.59 Å². The number of hydrogen-bond donors (Lipinski definition) is 2. The van der Waals surface area contributed by atoms with E-state index < -0.39 is 11.9 Å². The van der Waals surface area contributed by atoms with Crippen LogP contribution in [0.25, 0.3) is 0 Å². The van der Waals surface area contributed by atoms with E-state index in [1.165, 1.54) is 0 Å². The van der Waals surface area contributed by atoms with Gasteiger partial charge in [-0.25, -0.2) is 0 Å². The molecule has 2 aromatic rings. The Morgan fingerprint density at radius 2 is 1.92 bits per heavy atom. The van der Waals surface area contributed by atoms with Crippen LogP contribution >= 0.6 is 0 Å². The number of carbonyl (C=O) groups excluding carboxylic acids is 1. The van der Waals surface area contributed by atoms with Crippen molar-refractivity contribution in [1.29, 1.82) is 0 Å². The normalized spacial score (nSPS) is 24.3. The molecule has 1 fully saturated rings. The van der Waals surface area contributed by atoms with Crippen LogP contribution in [0.3, 0.4) is 0 Å². The highest BCUT2D eigenvalue weighted by molar-refractivity contribution is 5.96. The molecule has 4 rings (SSSR count). The van der Waals surface area contributed by atoms with Gasteiger partial charge < -0.3 is 15.2 Å². The molecule has 2 N–H and O–H groups in total. The van der Waals surface area contributed by atoms with Gasteiger partial charge in [0.1, 0.15) is 5.75 Å². The van der Waals surface area contributed by atoms with Crippen molar-refractivity contribution < 1.29 is 19.4 Å². The number of rotatable bonds is 4. The number of anilines is 1. The smallest absolute Gasteiger partial charge is 0.310 e. The van der Waals surface area contributed by atoms with Gasteiger partial charge in [-0.2, -0.15) is 0 Å². The summed E-state index contributed by atoms with van der Waals surface area (Å²) in [6.45, 7) is 2.29. The predicted octanol–water partition coefficient (Wildman–Crippen LogP) is 3.55. The van der Waals surface area contributed by atoms with Crippen molar-refractivity contribution in [3.05, 3.63) is 59.7 Å². The molecule has 3 atom stereocenters. The van der Waals surface area contributed by atoms with Crippen LogP contribution in [0, 0.1) is 5.92 Å². The minimum Gasteiger partial charge on any atom is -0.493 e. The number of aliphatic carboxylic acids is 1. The van der Waals surface area contributed by atoms with Crippen LogP contribution in [0.4, 0.5) is 5.69 Å². The van der Waals surface area contributed by atoms with Gasteiger partial charge in [0.15, 0.2) is 0 Å². The maximum atomic E-state index is 12.7. The molecule has 26 heavy (non-hydrogen) atoms. The molecule has 1 amide bonds. The van der Waals surface area contributed by atoms with Gasteiger partial charge in [0.25, 0.3) is 0 Å². The first-order chi connectivity index (χ1) is 12.5. The summed E-state index contributed by atoms with van der Waals surface area (Å²) < 4.78 is 5.72. The molecule has 5 nitrogen and oxygen atoms in total. The van der Waals surface area contributed by atoms with Gasteiger partial charge in [-0.15, -0.1) is 0 Å². The summed E-state index contributed by atoms with van der Waals surface area (Å²) >= 11 is 0. The standard InChI is InChI=1S/C21H21NO4/c1-13(20(24)25)14-6-8-15(9-7-14)22-19(23)17-12-21(17)10-11-26-18-5-3-2-4-16(18)21/h2-9,13,17H,10-12H2,1H3,(H,22,23)(H,24,25)/t13?,17-,21-/m0/s1. The number of para-hydroxylation sites is 1. The number of carboxylic acids is 1. The Hall–Kier alpha value is -2.82. The lowest BCUT2D eigenvalue weighted by molar-refractivity contribution is -0.138. The molecular weight excluding hydrogens is 330 g/mol. The number of nitrogens with one attached hydrogen (secondary N) is 1. The van der Waals surface area contributed by atoms with Crippen molar-refractivity contribution in [1.82, 2.24) is 0 Å². The van der Waals surface area contributed by atoms with Crippen LogP contribution in [0.1, 0.15) is 36.8 Å². The van der Waals surface area contributed by atoms with Crippen LogP contribution in [-0.4, -0.2) is 23.6 Å². The van der Waals surface area contributed by atoms with E-state index in [-0.39, 0.29) is 17.2 Å². The first kappa shape index (κ1) is 16.6. The third kappa shape index (κ3) is 2.73. The minimum atomic E-state index is -0.861. The van der Waals surface area contributed by atoms with Gasteiger partial charge in [-0.3, -0.25) is 9.59 Å². The first-order valence-electron chi connectivity index (χ1n) is 8.87. The van der Waals surface area contributed by atoms with E-state index in [2.05, 4.69) is 11.4 Å². The Morgan fingerprint density at radius 1 is 1.19 bits per heavy atom. The Labute approximate surface area is 152 Å². The molecular formula is C21H21NO4. The van der Waals surface area contributed by atoms with Crippen LogP contribution in [0.15, 0.2) is 48.5 Å². The number of ether oxygens (including phenoxy) is 1. The largest absolute Gasteiger partial charge is 0.493 e. The van der Waals surface area contributed by atoms with Crippen molar-refractivity contribution in [2.24, 2.45) is 5.92 Å². The third-order valence-corrected chi connectivity index (χ3v) is 5.67. The highest BCUT2D eigenvalue weighted by Gasteiger charge is 2.60. The second-order valence-electron chi connectivity index (χ2n) is 7.18. The third-order valence-electron chi connectivity index (χ3n) is 5.67. The number of fused-ring (bicyclic) bond motifs is 2. The number of carbonyl (C=O) groups is 2. The fourth-order valence-electron chi connectivity index (χ4n) is 3.93. The molecule has 1 spiro atoms. The van der Waals surface area contributed by atoms with Gasteiger partial charge in [-0.1, -0.05) is 30.3 Å². The molecule has 2 aromatic carbocycles. The zero-order valence-electron chi connectivity index (χ0n) is 14.6. The Balaban J connectivity index is 1.47. The molecule has 0 bridgehead atoms. The summed E-state index contributed by atoms with van der Waals surface area (Å²) in [4.78, 5) is 23.8. The van der Waals surface area contributed by atoms with Crippen LogP contribution in [-0.2, 0) is 15.0 Å². The Morgan fingerprint density at radius 3 is 2.65 bits per heavy atom. The minimum absolute atomic E-state index is 0.0146. The molecule has 0 saturated heterocycles. The maximum Gasteiger partial charge on any atom is 0.310 e. The van der Waals surface area contributed by atoms with Gasteiger partial charge in [0, 0.05) is 22.6 Å². The second kappa shape index (κ2) is 6.16. The van der Waals surface area contributed by atoms with Crippen molar-refractivity contribution in [2.45, 2.75) is 31.1 Å². The molecule has 1 unspecified atom stereocenters. The quantitative estimate of drug-likeness (QED) is 0.883. The second-order valence-corrected chi connectivity index (χ2v) is 7.18. The fourth-order valence-corrected chi connectivity index (χ4v) is 3.93.